The van der Waals surface area contributed by atoms with Gasteiger partial charge in [0.05, 0.1) is 55.3 Å². The molecule has 6 nitrogen and oxygen atoms in total. The molecule has 0 spiro atoms. The van der Waals surface area contributed by atoms with Crippen molar-refractivity contribution in [3.05, 3.63) is 212 Å². The Bertz CT molecular complexity index is 4490. The lowest BCUT2D eigenvalue weighted by molar-refractivity contribution is 0.669. The number of para-hydroxylation sites is 7. The minimum absolute atomic E-state index is 0.187. The fourth-order valence-electron chi connectivity index (χ4n) is 9.94. The van der Waals surface area contributed by atoms with Crippen molar-refractivity contribution in [1.82, 2.24) is 23.7 Å². The molecule has 0 atom stereocenters. The quantitative estimate of drug-likeness (QED) is 0.174. The summed E-state index contributed by atoms with van der Waals surface area (Å²) < 4.78 is 85.0. The molecule has 298 valence electrons. The zero-order valence-electron chi connectivity index (χ0n) is 41.7. The highest BCUT2D eigenvalue weighted by Crippen LogP contribution is 2.45. The van der Waals surface area contributed by atoms with Crippen LogP contribution in [0.25, 0.3) is 127 Å². The molecule has 0 saturated carbocycles. The topological polar surface area (TPSA) is 53.7 Å². The number of aromatic nitrogens is 5. The Labute approximate surface area is 377 Å². The van der Waals surface area contributed by atoms with Crippen LogP contribution in [0.2, 0.25) is 0 Å². The molecule has 14 aromatic rings. The van der Waals surface area contributed by atoms with Crippen molar-refractivity contribution in [1.29, 1.82) is 0 Å². The van der Waals surface area contributed by atoms with Crippen molar-refractivity contribution >= 4 is 87.4 Å². The van der Waals surface area contributed by atoms with Gasteiger partial charge in [-0.05, 0) is 65.7 Å². The number of nitrogens with zero attached hydrogens (tertiary/aromatic N) is 5. The Morgan fingerprint density at radius 1 is 0.375 bits per heavy atom. The van der Waals surface area contributed by atoms with Crippen LogP contribution in [0.4, 0.5) is 0 Å². The summed E-state index contributed by atoms with van der Waals surface area (Å²) in [6.07, 6.45) is 0. The van der Waals surface area contributed by atoms with Crippen LogP contribution < -0.4 is 0 Å². The number of hydrogen-bond donors (Lipinski definition) is 0. The molecule has 6 heteroatoms. The third-order valence-electron chi connectivity index (χ3n) is 12.5. The van der Waals surface area contributed by atoms with Gasteiger partial charge in [-0.15, -0.1) is 0 Å². The van der Waals surface area contributed by atoms with Gasteiger partial charge in [-0.3, -0.25) is 9.13 Å². The van der Waals surface area contributed by atoms with Gasteiger partial charge < -0.3 is 8.98 Å². The average molecular weight is 826 g/mol. The van der Waals surface area contributed by atoms with Crippen molar-refractivity contribution in [2.45, 2.75) is 0 Å². The summed E-state index contributed by atoms with van der Waals surface area (Å²) in [5, 5.41) is 5.74. The van der Waals surface area contributed by atoms with Crippen LogP contribution in [-0.2, 0) is 0 Å². The van der Waals surface area contributed by atoms with Crippen molar-refractivity contribution in [2.75, 3.05) is 0 Å². The average Bonchev–Trinajstić information content (AvgIpc) is 4.17. The van der Waals surface area contributed by atoms with Crippen molar-refractivity contribution in [3.63, 3.8) is 0 Å². The molecule has 0 bridgehead atoms. The van der Waals surface area contributed by atoms with E-state index >= 15 is 0 Å². The predicted octanol–water partition coefficient (Wildman–Crippen LogP) is 15.0. The first-order chi connectivity index (χ1) is 35.1. The largest absolute Gasteiger partial charge is 0.456 e. The Morgan fingerprint density at radius 2 is 0.828 bits per heavy atom. The highest BCUT2D eigenvalue weighted by molar-refractivity contribution is 6.15. The van der Waals surface area contributed by atoms with Gasteiger partial charge in [-0.1, -0.05) is 152 Å². The zero-order chi connectivity index (χ0) is 48.8. The molecule has 0 N–H and O–H groups in total. The number of rotatable bonds is 5. The Kier molecular flexibility index (Phi) is 5.85. The van der Waals surface area contributed by atoms with Crippen LogP contribution in [0, 0.1) is 0 Å². The van der Waals surface area contributed by atoms with E-state index in [1.54, 1.807) is 15.2 Å². The lowest BCUT2D eigenvalue weighted by atomic mass is 9.93. The summed E-state index contributed by atoms with van der Waals surface area (Å²) in [6, 6.07) is 50.7. The lowest BCUT2D eigenvalue weighted by Gasteiger charge is -2.20. The number of benzene rings is 9. The van der Waals surface area contributed by atoms with Crippen LogP contribution in [-0.4, -0.2) is 23.7 Å². The zero-order valence-corrected chi connectivity index (χ0v) is 33.7. The molecule has 0 amide bonds. The van der Waals surface area contributed by atoms with E-state index in [1.165, 1.54) is 0 Å². The van der Waals surface area contributed by atoms with Gasteiger partial charge in [-0.25, -0.2) is 9.97 Å². The monoisotopic (exact) mass is 825 g/mol. The normalized spacial score (nSPS) is 13.8. The van der Waals surface area contributed by atoms with Gasteiger partial charge >= 0.3 is 0 Å². The molecule has 0 fully saturated rings. The van der Waals surface area contributed by atoms with Gasteiger partial charge in [0.25, 0.3) is 0 Å². The smallest absolute Gasteiger partial charge is 0.166 e. The Morgan fingerprint density at radius 3 is 1.42 bits per heavy atom. The number of furan rings is 1. The van der Waals surface area contributed by atoms with Crippen LogP contribution in [0.15, 0.2) is 217 Å². The van der Waals surface area contributed by atoms with Crippen LogP contribution >= 0.6 is 0 Å². The molecule has 0 aliphatic carbocycles. The molecule has 64 heavy (non-hydrogen) atoms. The summed E-state index contributed by atoms with van der Waals surface area (Å²) in [6.45, 7) is 0. The van der Waals surface area contributed by atoms with E-state index in [4.69, 9.17) is 19.9 Å². The number of fused-ring (bicyclic) bond motifs is 12. The minimum Gasteiger partial charge on any atom is -0.456 e. The number of hydrogen-bond acceptors (Lipinski definition) is 3. The maximum Gasteiger partial charge on any atom is 0.166 e. The first kappa shape index (κ1) is 28.0. The van der Waals surface area contributed by atoms with Crippen LogP contribution in [0.5, 0.6) is 0 Å². The molecule has 14 rings (SSSR count). The standard InChI is InChI=1S/C58H35N5O/c1-8-26-45-36(17-1)37-18-2-9-27-46(37)61(45)51-32-15-24-43(42-25-16-34-53-56(42)44-23-7-14-33-52(44)64-53)57(51)58-59-54(62-47-28-10-3-19-38(47)39-20-4-11-29-48(39)62)35-55(60-58)63-49-30-12-5-21-40(49)41-22-6-13-31-50(41)63/h1-35H/i3D,5D,10D,12D,19D,21D,28D,30D. The van der Waals surface area contributed by atoms with Gasteiger partial charge in [0.1, 0.15) is 22.8 Å². The van der Waals surface area contributed by atoms with E-state index in [9.17, 15) is 5.48 Å². The van der Waals surface area contributed by atoms with Gasteiger partial charge in [0, 0.05) is 49.2 Å². The van der Waals surface area contributed by atoms with E-state index in [1.807, 2.05) is 121 Å². The Balaban J connectivity index is 1.21. The maximum atomic E-state index is 9.47. The van der Waals surface area contributed by atoms with Crippen LogP contribution in [0.3, 0.4) is 0 Å². The SMILES string of the molecule is [2H]c1c([2H])c([2H])c2c(c1[2H])c1ccccc1n2-c1cc(-n2c3ccccc3c3c([2H])c([2H])c([2H])c([2H])c32)nc(-c2c(-c3cccc4oc5ccccc5c34)cccc2-n2c3ccccc3c3ccccc32)n1. The molecular formula is C58H35N5O. The summed E-state index contributed by atoms with van der Waals surface area (Å²) in [5.41, 5.74) is 7.86. The van der Waals surface area contributed by atoms with E-state index < -0.39 is 12.1 Å². The molecule has 0 aliphatic heterocycles. The van der Waals surface area contributed by atoms with Crippen molar-refractivity contribution in [2.24, 2.45) is 0 Å². The van der Waals surface area contributed by atoms with E-state index in [0.29, 0.717) is 43.7 Å². The third-order valence-corrected chi connectivity index (χ3v) is 12.5. The second kappa shape index (κ2) is 13.4. The summed E-state index contributed by atoms with van der Waals surface area (Å²) in [5.74, 6) is 0.749. The van der Waals surface area contributed by atoms with Gasteiger partial charge in [-0.2, -0.15) is 0 Å². The second-order valence-electron chi connectivity index (χ2n) is 15.9. The molecule has 5 aromatic heterocycles. The first-order valence-electron chi connectivity index (χ1n) is 25.0. The van der Waals surface area contributed by atoms with Crippen molar-refractivity contribution < 1.29 is 15.4 Å². The molecule has 0 aliphatic rings. The summed E-state index contributed by atoms with van der Waals surface area (Å²) in [4.78, 5) is 11.1. The third kappa shape index (κ3) is 4.90. The van der Waals surface area contributed by atoms with E-state index in [0.717, 1.165) is 55.0 Å². The Hall–Kier alpha value is -8.74. The minimum atomic E-state index is -0.399. The second-order valence-corrected chi connectivity index (χ2v) is 15.9. The van der Waals surface area contributed by atoms with E-state index in [-0.39, 0.29) is 64.7 Å². The highest BCUT2D eigenvalue weighted by Gasteiger charge is 2.26. The molecule has 5 heterocycles. The predicted molar refractivity (Wildman–Crippen MR) is 263 cm³/mol. The molecule has 9 aromatic carbocycles. The molecule has 0 unspecified atom stereocenters. The van der Waals surface area contributed by atoms with E-state index in [2.05, 4.69) is 41.0 Å². The highest BCUT2D eigenvalue weighted by atomic mass is 16.3. The lowest BCUT2D eigenvalue weighted by Crippen LogP contribution is -2.08. The van der Waals surface area contributed by atoms with Gasteiger partial charge in [0.2, 0.25) is 0 Å². The first-order valence-corrected chi connectivity index (χ1v) is 21.0. The molecule has 0 saturated heterocycles. The summed E-state index contributed by atoms with van der Waals surface area (Å²) >= 11 is 0. The fourth-order valence-corrected chi connectivity index (χ4v) is 9.94. The fraction of sp³-hybridized carbons (Fsp3) is 0. The maximum absolute atomic E-state index is 9.47. The van der Waals surface area contributed by atoms with Crippen LogP contribution in [0.1, 0.15) is 11.0 Å². The summed E-state index contributed by atoms with van der Waals surface area (Å²) in [7, 11) is 0. The molecular weight excluding hydrogens is 783 g/mol. The van der Waals surface area contributed by atoms with Gasteiger partial charge in [0.15, 0.2) is 5.82 Å². The van der Waals surface area contributed by atoms with Crippen molar-refractivity contribution in [3.8, 4) is 39.8 Å². The molecule has 0 radical (unpaired) electrons.